The standard InChI is InChI=1S/C16H15BrN6O4S3/c1-6-19-20-16(30-6)29-5-7-4-28-14-10(13(25)23(14)11(7)15(26)27)18-12(24)9-8(17)3-22(2)21-9/h3,10,14H,4-5H2,1-2H3,(H,18,24)(H,26,27)/t10-,14+/m0/s1. The number of aromatic nitrogens is 4. The molecule has 10 nitrogen and oxygen atoms in total. The summed E-state index contributed by atoms with van der Waals surface area (Å²) in [5.41, 5.74) is 0.803. The van der Waals surface area contributed by atoms with Crippen LogP contribution in [0.15, 0.2) is 26.3 Å². The maximum Gasteiger partial charge on any atom is 0.352 e. The second kappa shape index (κ2) is 8.32. The number of fused-ring (bicyclic) bond motifs is 1. The average molecular weight is 531 g/mol. The van der Waals surface area contributed by atoms with E-state index in [9.17, 15) is 19.5 Å². The molecule has 0 aromatic carbocycles. The summed E-state index contributed by atoms with van der Waals surface area (Å²) in [6.45, 7) is 1.85. The number of halogens is 1. The molecule has 2 N–H and O–H groups in total. The number of carbonyl (C=O) groups excluding carboxylic acids is 2. The van der Waals surface area contributed by atoms with Crippen molar-refractivity contribution < 1.29 is 19.5 Å². The maximum absolute atomic E-state index is 12.7. The van der Waals surface area contributed by atoms with Crippen molar-refractivity contribution in [2.24, 2.45) is 7.05 Å². The van der Waals surface area contributed by atoms with Crippen LogP contribution in [0.1, 0.15) is 15.5 Å². The Morgan fingerprint density at radius 2 is 2.20 bits per heavy atom. The van der Waals surface area contributed by atoms with Gasteiger partial charge in [-0.3, -0.25) is 19.2 Å². The zero-order chi connectivity index (χ0) is 21.6. The molecular formula is C16H15BrN6O4S3. The molecule has 0 aliphatic carbocycles. The van der Waals surface area contributed by atoms with Gasteiger partial charge in [0.1, 0.15) is 22.1 Å². The number of rotatable bonds is 6. The van der Waals surface area contributed by atoms with E-state index < -0.39 is 29.2 Å². The number of aryl methyl sites for hydroxylation is 2. The Morgan fingerprint density at radius 3 is 2.80 bits per heavy atom. The van der Waals surface area contributed by atoms with Crippen molar-refractivity contribution in [1.82, 2.24) is 30.2 Å². The highest BCUT2D eigenvalue weighted by atomic mass is 79.9. The fourth-order valence-electron chi connectivity index (χ4n) is 3.10. The molecule has 0 bridgehead atoms. The molecule has 2 aliphatic rings. The van der Waals surface area contributed by atoms with Crippen molar-refractivity contribution in [1.29, 1.82) is 0 Å². The zero-order valence-electron chi connectivity index (χ0n) is 15.7. The van der Waals surface area contributed by atoms with Crippen molar-refractivity contribution in [2.75, 3.05) is 11.5 Å². The van der Waals surface area contributed by atoms with Gasteiger partial charge in [-0.25, -0.2) is 4.79 Å². The third kappa shape index (κ3) is 3.88. The highest BCUT2D eigenvalue weighted by molar-refractivity contribution is 9.10. The van der Waals surface area contributed by atoms with Gasteiger partial charge < -0.3 is 10.4 Å². The summed E-state index contributed by atoms with van der Waals surface area (Å²) in [5, 5.41) is 24.8. The number of nitrogens with zero attached hydrogens (tertiary/aromatic N) is 5. The number of aliphatic carboxylic acids is 1. The number of hydrogen-bond acceptors (Lipinski definition) is 9. The molecule has 2 aliphatic heterocycles. The lowest BCUT2D eigenvalue weighted by Crippen LogP contribution is -2.70. The molecule has 0 radical (unpaired) electrons. The molecule has 2 aromatic rings. The van der Waals surface area contributed by atoms with E-state index in [4.69, 9.17) is 0 Å². The van der Waals surface area contributed by atoms with Gasteiger partial charge >= 0.3 is 5.97 Å². The molecule has 2 amide bonds. The van der Waals surface area contributed by atoms with Crippen LogP contribution in [0.4, 0.5) is 0 Å². The van der Waals surface area contributed by atoms with Crippen LogP contribution >= 0.6 is 50.8 Å². The lowest BCUT2D eigenvalue weighted by Gasteiger charge is -2.49. The van der Waals surface area contributed by atoms with Gasteiger partial charge in [-0.05, 0) is 28.4 Å². The molecule has 1 saturated heterocycles. The summed E-state index contributed by atoms with van der Waals surface area (Å²) in [4.78, 5) is 38.4. The van der Waals surface area contributed by atoms with Crippen molar-refractivity contribution in [3.63, 3.8) is 0 Å². The minimum Gasteiger partial charge on any atom is -0.477 e. The highest BCUT2D eigenvalue weighted by Gasteiger charge is 2.54. The minimum absolute atomic E-state index is 0.0120. The van der Waals surface area contributed by atoms with Crippen LogP contribution in [0.25, 0.3) is 0 Å². The van der Waals surface area contributed by atoms with Crippen LogP contribution < -0.4 is 5.32 Å². The second-order valence-corrected chi connectivity index (χ2v) is 10.9. The van der Waals surface area contributed by atoms with Crippen LogP contribution in [0.2, 0.25) is 0 Å². The molecule has 0 unspecified atom stereocenters. The maximum atomic E-state index is 12.7. The van der Waals surface area contributed by atoms with E-state index in [1.54, 1.807) is 13.2 Å². The normalized spacial score (nSPS) is 20.8. The second-order valence-electron chi connectivity index (χ2n) is 6.49. The smallest absolute Gasteiger partial charge is 0.352 e. The van der Waals surface area contributed by atoms with Gasteiger partial charge in [-0.1, -0.05) is 23.1 Å². The molecule has 0 spiro atoms. The fourth-order valence-corrected chi connectivity index (χ4v) is 6.96. The molecule has 1 fully saturated rings. The first-order valence-corrected chi connectivity index (χ1v) is 12.2. The number of β-lactam (4-membered cyclic amide) rings is 1. The summed E-state index contributed by atoms with van der Waals surface area (Å²) in [6.07, 6.45) is 1.63. The lowest BCUT2D eigenvalue weighted by molar-refractivity contribution is -0.148. The van der Waals surface area contributed by atoms with E-state index in [0.717, 1.165) is 9.35 Å². The first-order valence-electron chi connectivity index (χ1n) is 8.59. The summed E-state index contributed by atoms with van der Waals surface area (Å²) in [6, 6.07) is -0.800. The molecule has 2 aromatic heterocycles. The van der Waals surface area contributed by atoms with E-state index in [2.05, 4.69) is 36.5 Å². The number of carboxylic acids is 1. The largest absolute Gasteiger partial charge is 0.477 e. The topological polar surface area (TPSA) is 130 Å². The molecular weight excluding hydrogens is 516 g/mol. The Bertz CT molecular complexity index is 1080. The van der Waals surface area contributed by atoms with Gasteiger partial charge in [0.2, 0.25) is 0 Å². The van der Waals surface area contributed by atoms with Crippen LogP contribution in [-0.4, -0.2) is 70.7 Å². The third-order valence-electron chi connectivity index (χ3n) is 4.41. The Balaban J connectivity index is 1.49. The van der Waals surface area contributed by atoms with E-state index in [1.165, 1.54) is 44.4 Å². The summed E-state index contributed by atoms with van der Waals surface area (Å²) >= 11 is 7.52. The number of thioether (sulfide) groups is 2. The highest BCUT2D eigenvalue weighted by Crippen LogP contribution is 2.41. The Labute approximate surface area is 191 Å². The number of amides is 2. The van der Waals surface area contributed by atoms with Crippen LogP contribution in [-0.2, 0) is 16.6 Å². The van der Waals surface area contributed by atoms with Gasteiger partial charge in [0.05, 0.1) is 4.47 Å². The minimum atomic E-state index is -1.16. The predicted octanol–water partition coefficient (Wildman–Crippen LogP) is 1.49. The first-order chi connectivity index (χ1) is 14.3. The summed E-state index contributed by atoms with van der Waals surface area (Å²) < 4.78 is 2.75. The molecule has 0 saturated carbocycles. The molecule has 2 atom stereocenters. The molecule has 158 valence electrons. The van der Waals surface area contributed by atoms with Gasteiger partial charge in [0, 0.05) is 24.8 Å². The van der Waals surface area contributed by atoms with E-state index in [1.807, 2.05) is 6.92 Å². The Kier molecular flexibility index (Phi) is 5.92. The number of carboxylic acid groups (broad SMARTS) is 1. The van der Waals surface area contributed by atoms with Crippen molar-refractivity contribution in [2.45, 2.75) is 22.7 Å². The fraction of sp³-hybridized carbons (Fsp3) is 0.375. The molecule has 30 heavy (non-hydrogen) atoms. The number of hydrogen-bond donors (Lipinski definition) is 2. The van der Waals surface area contributed by atoms with Crippen LogP contribution in [0.3, 0.4) is 0 Å². The molecule has 4 heterocycles. The first kappa shape index (κ1) is 21.3. The van der Waals surface area contributed by atoms with E-state index in [0.29, 0.717) is 21.6 Å². The SMILES string of the molecule is Cc1nnc(SCC2=C(C(=O)O)N3C(=O)[C@H](NC(=O)c4nn(C)cc4Br)[C@H]3SC2)s1. The lowest BCUT2D eigenvalue weighted by atomic mass is 10.0. The van der Waals surface area contributed by atoms with Gasteiger partial charge in [0.15, 0.2) is 10.0 Å². The van der Waals surface area contributed by atoms with Gasteiger partial charge in [0.25, 0.3) is 11.8 Å². The quantitative estimate of drug-likeness (QED) is 0.421. The number of carbonyl (C=O) groups is 3. The van der Waals surface area contributed by atoms with Gasteiger partial charge in [-0.15, -0.1) is 22.0 Å². The molecule has 14 heteroatoms. The monoisotopic (exact) mass is 530 g/mol. The van der Waals surface area contributed by atoms with Crippen molar-refractivity contribution in [3.8, 4) is 0 Å². The molecule has 4 rings (SSSR count). The Hall–Kier alpha value is -1.90. The van der Waals surface area contributed by atoms with E-state index >= 15 is 0 Å². The van der Waals surface area contributed by atoms with Crippen LogP contribution in [0.5, 0.6) is 0 Å². The van der Waals surface area contributed by atoms with Gasteiger partial charge in [-0.2, -0.15) is 5.10 Å². The zero-order valence-corrected chi connectivity index (χ0v) is 19.7. The van der Waals surface area contributed by atoms with Crippen molar-refractivity contribution in [3.05, 3.63) is 32.6 Å². The average Bonchev–Trinajstić information content (AvgIpc) is 3.27. The Morgan fingerprint density at radius 1 is 1.43 bits per heavy atom. The summed E-state index contributed by atoms with van der Waals surface area (Å²) in [7, 11) is 1.68. The van der Waals surface area contributed by atoms with Crippen molar-refractivity contribution >= 4 is 68.6 Å². The third-order valence-corrected chi connectivity index (χ3v) is 8.39. The van der Waals surface area contributed by atoms with E-state index in [-0.39, 0.29) is 11.4 Å². The predicted molar refractivity (Wildman–Crippen MR) is 115 cm³/mol. The van der Waals surface area contributed by atoms with Crippen LogP contribution in [0, 0.1) is 6.92 Å². The summed E-state index contributed by atoms with van der Waals surface area (Å²) in [5.74, 6) is -1.25. The number of nitrogens with one attached hydrogen (secondary N) is 1.